The van der Waals surface area contributed by atoms with Crippen LogP contribution in [0, 0.1) is 5.92 Å². The first-order valence-corrected chi connectivity index (χ1v) is 6.45. The van der Waals surface area contributed by atoms with Gasteiger partial charge in [0, 0.05) is 25.0 Å². The van der Waals surface area contributed by atoms with Gasteiger partial charge >= 0.3 is 0 Å². The molecule has 6 heteroatoms. The molecule has 98 valence electrons. The standard InChI is InChI=1S/C12H18N4O2/c13-9-10(8-1-2-8)15-16-11(9)12(17)14-5-7-3-4-18-6-7/h7-8H,1-6,13H2,(H,14,17)(H,15,16). The lowest BCUT2D eigenvalue weighted by molar-refractivity contribution is 0.0941. The van der Waals surface area contributed by atoms with E-state index in [-0.39, 0.29) is 5.91 Å². The molecule has 4 N–H and O–H groups in total. The van der Waals surface area contributed by atoms with Gasteiger partial charge in [-0.2, -0.15) is 5.10 Å². The predicted octanol–water partition coefficient (Wildman–Crippen LogP) is 0.636. The number of carbonyl (C=O) groups is 1. The SMILES string of the molecule is Nc1c(C(=O)NCC2CCOC2)n[nH]c1C1CC1. The van der Waals surface area contributed by atoms with Crippen molar-refractivity contribution >= 4 is 11.6 Å². The summed E-state index contributed by atoms with van der Waals surface area (Å²) in [4.78, 5) is 12.0. The summed E-state index contributed by atoms with van der Waals surface area (Å²) >= 11 is 0. The minimum Gasteiger partial charge on any atom is -0.395 e. The van der Waals surface area contributed by atoms with Gasteiger partial charge in [-0.25, -0.2) is 0 Å². The normalized spacial score (nSPS) is 23.2. The van der Waals surface area contributed by atoms with E-state index < -0.39 is 0 Å². The maximum Gasteiger partial charge on any atom is 0.273 e. The zero-order chi connectivity index (χ0) is 12.5. The van der Waals surface area contributed by atoms with Crippen molar-refractivity contribution in [3.8, 4) is 0 Å². The summed E-state index contributed by atoms with van der Waals surface area (Å²) in [6, 6.07) is 0. The van der Waals surface area contributed by atoms with Crippen LogP contribution in [0.15, 0.2) is 0 Å². The van der Waals surface area contributed by atoms with Crippen LogP contribution in [0.5, 0.6) is 0 Å². The molecule has 1 atom stereocenters. The highest BCUT2D eigenvalue weighted by Crippen LogP contribution is 2.42. The van der Waals surface area contributed by atoms with E-state index in [9.17, 15) is 4.79 Å². The average molecular weight is 250 g/mol. The molecule has 1 saturated heterocycles. The molecule has 1 unspecified atom stereocenters. The molecule has 6 nitrogen and oxygen atoms in total. The Balaban J connectivity index is 1.60. The van der Waals surface area contributed by atoms with Gasteiger partial charge in [-0.15, -0.1) is 0 Å². The third-order valence-electron chi connectivity index (χ3n) is 3.61. The van der Waals surface area contributed by atoms with Crippen molar-refractivity contribution in [2.24, 2.45) is 5.92 Å². The number of nitrogens with one attached hydrogen (secondary N) is 2. The lowest BCUT2D eigenvalue weighted by Gasteiger charge is -2.08. The topological polar surface area (TPSA) is 93.0 Å². The number of ether oxygens (including phenoxy) is 1. The van der Waals surface area contributed by atoms with E-state index in [1.54, 1.807) is 0 Å². The first-order chi connectivity index (χ1) is 8.75. The summed E-state index contributed by atoms with van der Waals surface area (Å²) < 4.78 is 5.26. The molecule has 0 bridgehead atoms. The van der Waals surface area contributed by atoms with Gasteiger partial charge in [-0.1, -0.05) is 0 Å². The lowest BCUT2D eigenvalue weighted by atomic mass is 10.1. The third-order valence-corrected chi connectivity index (χ3v) is 3.61. The Morgan fingerprint density at radius 3 is 3.00 bits per heavy atom. The first kappa shape index (κ1) is 11.5. The number of hydrogen-bond acceptors (Lipinski definition) is 4. The number of nitrogens with zero attached hydrogens (tertiary/aromatic N) is 1. The van der Waals surface area contributed by atoms with Gasteiger partial charge in [0.25, 0.3) is 5.91 Å². The van der Waals surface area contributed by atoms with Crippen molar-refractivity contribution in [1.82, 2.24) is 15.5 Å². The van der Waals surface area contributed by atoms with E-state index in [2.05, 4.69) is 15.5 Å². The van der Waals surface area contributed by atoms with Gasteiger partial charge < -0.3 is 15.8 Å². The van der Waals surface area contributed by atoms with E-state index in [4.69, 9.17) is 10.5 Å². The van der Waals surface area contributed by atoms with E-state index in [1.165, 1.54) is 0 Å². The molecule has 0 aromatic carbocycles. The second-order valence-electron chi connectivity index (χ2n) is 5.11. The average Bonchev–Trinajstić information content (AvgIpc) is 2.93. The summed E-state index contributed by atoms with van der Waals surface area (Å²) in [6.07, 6.45) is 3.27. The van der Waals surface area contributed by atoms with Crippen LogP contribution in [-0.4, -0.2) is 35.9 Å². The van der Waals surface area contributed by atoms with E-state index in [0.29, 0.717) is 29.8 Å². The largest absolute Gasteiger partial charge is 0.395 e. The summed E-state index contributed by atoms with van der Waals surface area (Å²) in [7, 11) is 0. The van der Waals surface area contributed by atoms with E-state index in [1.807, 2.05) is 0 Å². The second-order valence-corrected chi connectivity index (χ2v) is 5.11. The minimum absolute atomic E-state index is 0.192. The molecule has 1 amide bonds. The number of aromatic amines is 1. The van der Waals surface area contributed by atoms with E-state index in [0.717, 1.165) is 38.2 Å². The molecule has 1 aromatic rings. The van der Waals surface area contributed by atoms with Crippen molar-refractivity contribution in [2.75, 3.05) is 25.5 Å². The number of H-pyrrole nitrogens is 1. The van der Waals surface area contributed by atoms with Crippen molar-refractivity contribution in [3.63, 3.8) is 0 Å². The minimum atomic E-state index is -0.192. The number of nitrogens with two attached hydrogens (primary N) is 1. The highest BCUT2D eigenvalue weighted by Gasteiger charge is 2.30. The number of nitrogen functional groups attached to an aromatic ring is 1. The van der Waals surface area contributed by atoms with Gasteiger partial charge in [-0.05, 0) is 19.3 Å². The molecule has 1 aliphatic heterocycles. The number of rotatable bonds is 4. The molecule has 0 radical (unpaired) electrons. The number of hydrogen-bond donors (Lipinski definition) is 3. The number of anilines is 1. The quantitative estimate of drug-likeness (QED) is 0.731. The third kappa shape index (κ3) is 2.20. The Hall–Kier alpha value is -1.56. The fourth-order valence-corrected chi connectivity index (χ4v) is 2.29. The van der Waals surface area contributed by atoms with Gasteiger partial charge in [0.1, 0.15) is 0 Å². The molecule has 0 spiro atoms. The number of amides is 1. The Morgan fingerprint density at radius 1 is 1.50 bits per heavy atom. The molecule has 1 saturated carbocycles. The first-order valence-electron chi connectivity index (χ1n) is 6.45. The van der Waals surface area contributed by atoms with Crippen molar-refractivity contribution in [2.45, 2.75) is 25.2 Å². The molecule has 18 heavy (non-hydrogen) atoms. The van der Waals surface area contributed by atoms with Crippen LogP contribution < -0.4 is 11.1 Å². The van der Waals surface area contributed by atoms with Crippen molar-refractivity contribution < 1.29 is 9.53 Å². The maximum absolute atomic E-state index is 12.0. The number of carbonyl (C=O) groups excluding carboxylic acids is 1. The number of aromatic nitrogens is 2. The molecule has 2 aliphatic rings. The molecule has 2 heterocycles. The predicted molar refractivity (Wildman–Crippen MR) is 66.2 cm³/mol. The molecule has 2 fully saturated rings. The van der Waals surface area contributed by atoms with Crippen LogP contribution in [0.4, 0.5) is 5.69 Å². The zero-order valence-electron chi connectivity index (χ0n) is 10.2. The Kier molecular flexibility index (Phi) is 2.95. The van der Waals surface area contributed by atoms with Crippen LogP contribution in [0.1, 0.15) is 41.4 Å². The Bertz CT molecular complexity index is 447. The second kappa shape index (κ2) is 4.61. The molecule has 3 rings (SSSR count). The summed E-state index contributed by atoms with van der Waals surface area (Å²) in [5.74, 6) is 0.696. The van der Waals surface area contributed by atoms with Crippen LogP contribution >= 0.6 is 0 Å². The maximum atomic E-state index is 12.0. The van der Waals surface area contributed by atoms with Gasteiger partial charge in [0.15, 0.2) is 5.69 Å². The molecule has 1 aromatic heterocycles. The van der Waals surface area contributed by atoms with Crippen LogP contribution in [0.3, 0.4) is 0 Å². The highest BCUT2D eigenvalue weighted by molar-refractivity contribution is 5.97. The van der Waals surface area contributed by atoms with Gasteiger partial charge in [0.2, 0.25) is 0 Å². The van der Waals surface area contributed by atoms with E-state index >= 15 is 0 Å². The lowest BCUT2D eigenvalue weighted by Crippen LogP contribution is -2.30. The van der Waals surface area contributed by atoms with Gasteiger partial charge in [-0.3, -0.25) is 9.89 Å². The summed E-state index contributed by atoms with van der Waals surface area (Å²) in [6.45, 7) is 2.14. The fourth-order valence-electron chi connectivity index (χ4n) is 2.29. The zero-order valence-corrected chi connectivity index (χ0v) is 10.2. The summed E-state index contributed by atoms with van der Waals surface area (Å²) in [5, 5.41) is 9.79. The monoisotopic (exact) mass is 250 g/mol. The van der Waals surface area contributed by atoms with Crippen LogP contribution in [-0.2, 0) is 4.74 Å². The molecule has 1 aliphatic carbocycles. The van der Waals surface area contributed by atoms with Crippen molar-refractivity contribution in [1.29, 1.82) is 0 Å². The van der Waals surface area contributed by atoms with Gasteiger partial charge in [0.05, 0.1) is 18.0 Å². The highest BCUT2D eigenvalue weighted by atomic mass is 16.5. The molecular formula is C12H18N4O2. The van der Waals surface area contributed by atoms with Crippen molar-refractivity contribution in [3.05, 3.63) is 11.4 Å². The van der Waals surface area contributed by atoms with Crippen LogP contribution in [0.25, 0.3) is 0 Å². The fraction of sp³-hybridized carbons (Fsp3) is 0.667. The Morgan fingerprint density at radius 2 is 2.33 bits per heavy atom. The van der Waals surface area contributed by atoms with Crippen LogP contribution in [0.2, 0.25) is 0 Å². The smallest absolute Gasteiger partial charge is 0.273 e. The molecular weight excluding hydrogens is 232 g/mol. The summed E-state index contributed by atoms with van der Waals surface area (Å²) in [5.41, 5.74) is 7.71. The Labute approximate surface area is 105 Å².